The van der Waals surface area contributed by atoms with Crippen LogP contribution in [0.3, 0.4) is 0 Å². The van der Waals surface area contributed by atoms with Crippen molar-refractivity contribution in [3.8, 4) is 0 Å². The first-order chi connectivity index (χ1) is 7.47. The molecule has 1 rings (SSSR count). The Kier molecular flexibility index (Phi) is 3.71. The second-order valence-electron chi connectivity index (χ2n) is 3.67. The molecule has 0 aliphatic rings. The first-order valence-corrected chi connectivity index (χ1v) is 5.09. The Morgan fingerprint density at radius 1 is 1.56 bits per heavy atom. The topological polar surface area (TPSA) is 73.1 Å². The molecule has 0 saturated heterocycles. The predicted molar refractivity (Wildman–Crippen MR) is 59.3 cm³/mol. The van der Waals surface area contributed by atoms with Gasteiger partial charge in [0.1, 0.15) is 11.5 Å². The van der Waals surface area contributed by atoms with Crippen LogP contribution in [-0.4, -0.2) is 15.7 Å². The fourth-order valence-electron chi connectivity index (χ4n) is 1.67. The Labute approximate surface area is 93.7 Å². The van der Waals surface area contributed by atoms with Crippen molar-refractivity contribution in [2.24, 2.45) is 0 Å². The van der Waals surface area contributed by atoms with Crippen LogP contribution < -0.4 is 0 Å². The van der Waals surface area contributed by atoms with Gasteiger partial charge in [0.25, 0.3) is 5.69 Å². The average molecular weight is 222 g/mol. The maximum atomic E-state index is 11.3. The molecule has 0 N–H and O–H groups in total. The second kappa shape index (κ2) is 4.83. The summed E-state index contributed by atoms with van der Waals surface area (Å²) in [7, 11) is 0. The lowest BCUT2D eigenvalue weighted by Gasteiger charge is -2.10. The van der Waals surface area contributed by atoms with E-state index in [0.29, 0.717) is 17.8 Å². The molecule has 5 heteroatoms. The van der Waals surface area contributed by atoms with Crippen LogP contribution in [0.5, 0.6) is 0 Å². The van der Waals surface area contributed by atoms with Crippen LogP contribution in [0.4, 0.5) is 5.69 Å². The molecule has 86 valence electrons. The standard InChI is InChI=1S/C11H14N2O3/c1-4-9(8(3)14)10-5-6-11(13(15)16)7(2)12-10/h5-6,9H,4H2,1-3H3. The van der Waals surface area contributed by atoms with E-state index >= 15 is 0 Å². The quantitative estimate of drug-likeness (QED) is 0.579. The van der Waals surface area contributed by atoms with E-state index in [0.717, 1.165) is 0 Å². The first kappa shape index (κ1) is 12.3. The number of aryl methyl sites for hydroxylation is 1. The van der Waals surface area contributed by atoms with Crippen LogP contribution >= 0.6 is 0 Å². The van der Waals surface area contributed by atoms with Crippen LogP contribution in [0, 0.1) is 17.0 Å². The molecule has 0 radical (unpaired) electrons. The number of hydrogen-bond donors (Lipinski definition) is 0. The number of rotatable bonds is 4. The highest BCUT2D eigenvalue weighted by molar-refractivity contribution is 5.82. The fraction of sp³-hybridized carbons (Fsp3) is 0.455. The molecule has 16 heavy (non-hydrogen) atoms. The lowest BCUT2D eigenvalue weighted by Crippen LogP contribution is -2.10. The van der Waals surface area contributed by atoms with E-state index in [-0.39, 0.29) is 17.4 Å². The lowest BCUT2D eigenvalue weighted by atomic mass is 9.97. The SMILES string of the molecule is CCC(C(C)=O)c1ccc([N+](=O)[O-])c(C)n1. The lowest BCUT2D eigenvalue weighted by molar-refractivity contribution is -0.385. The fourth-order valence-corrected chi connectivity index (χ4v) is 1.67. The smallest absolute Gasteiger partial charge is 0.290 e. The average Bonchev–Trinajstić information content (AvgIpc) is 2.17. The van der Waals surface area contributed by atoms with Crippen molar-refractivity contribution in [2.75, 3.05) is 0 Å². The van der Waals surface area contributed by atoms with Gasteiger partial charge in [-0.25, -0.2) is 0 Å². The van der Waals surface area contributed by atoms with Gasteiger partial charge in [-0.15, -0.1) is 0 Å². The van der Waals surface area contributed by atoms with E-state index < -0.39 is 4.92 Å². The third-order valence-corrected chi connectivity index (χ3v) is 2.53. The van der Waals surface area contributed by atoms with Crippen molar-refractivity contribution in [1.29, 1.82) is 0 Å². The summed E-state index contributed by atoms with van der Waals surface area (Å²) < 4.78 is 0. The maximum Gasteiger partial charge on any atom is 0.290 e. The largest absolute Gasteiger partial charge is 0.299 e. The second-order valence-corrected chi connectivity index (χ2v) is 3.67. The Balaban J connectivity index is 3.14. The molecule has 1 heterocycles. The molecule has 0 spiro atoms. The molecule has 0 fully saturated rings. The highest BCUT2D eigenvalue weighted by Gasteiger charge is 2.19. The summed E-state index contributed by atoms with van der Waals surface area (Å²) in [6.45, 7) is 4.98. The monoisotopic (exact) mass is 222 g/mol. The number of carbonyl (C=O) groups is 1. The van der Waals surface area contributed by atoms with E-state index in [9.17, 15) is 14.9 Å². The number of Topliss-reactive ketones (excluding diaryl/α,β-unsaturated/α-hetero) is 1. The minimum absolute atomic E-state index is 0.0119. The Bertz CT molecular complexity index is 429. The van der Waals surface area contributed by atoms with Crippen LogP contribution in [-0.2, 0) is 4.79 Å². The van der Waals surface area contributed by atoms with Gasteiger partial charge in [0.2, 0.25) is 0 Å². The molecule has 0 amide bonds. The van der Waals surface area contributed by atoms with E-state index in [1.165, 1.54) is 13.0 Å². The van der Waals surface area contributed by atoms with Crippen LogP contribution in [0.1, 0.15) is 37.6 Å². The van der Waals surface area contributed by atoms with Crippen molar-refractivity contribution < 1.29 is 9.72 Å². The summed E-state index contributed by atoms with van der Waals surface area (Å²) in [5.74, 6) is -0.234. The summed E-state index contributed by atoms with van der Waals surface area (Å²) in [6, 6.07) is 2.96. The molecule has 0 saturated carbocycles. The maximum absolute atomic E-state index is 11.3. The molecular formula is C11H14N2O3. The zero-order valence-corrected chi connectivity index (χ0v) is 9.56. The molecule has 0 aliphatic carbocycles. The van der Waals surface area contributed by atoms with Gasteiger partial charge in [0.05, 0.1) is 16.5 Å². The Morgan fingerprint density at radius 3 is 2.56 bits per heavy atom. The van der Waals surface area contributed by atoms with Crippen molar-refractivity contribution in [1.82, 2.24) is 4.98 Å². The Hall–Kier alpha value is -1.78. The molecule has 1 atom stereocenters. The molecule has 0 aliphatic heterocycles. The van der Waals surface area contributed by atoms with Gasteiger partial charge in [-0.2, -0.15) is 0 Å². The number of ketones is 1. The van der Waals surface area contributed by atoms with Gasteiger partial charge in [0, 0.05) is 6.07 Å². The molecule has 1 unspecified atom stereocenters. The zero-order chi connectivity index (χ0) is 12.3. The van der Waals surface area contributed by atoms with Crippen molar-refractivity contribution in [2.45, 2.75) is 33.1 Å². The van der Waals surface area contributed by atoms with Crippen LogP contribution in [0.25, 0.3) is 0 Å². The van der Waals surface area contributed by atoms with Crippen molar-refractivity contribution >= 4 is 11.5 Å². The normalized spacial score (nSPS) is 12.2. The van der Waals surface area contributed by atoms with Gasteiger partial charge >= 0.3 is 0 Å². The van der Waals surface area contributed by atoms with Gasteiger partial charge in [-0.3, -0.25) is 19.9 Å². The van der Waals surface area contributed by atoms with Crippen molar-refractivity contribution in [3.63, 3.8) is 0 Å². The van der Waals surface area contributed by atoms with E-state index in [1.54, 1.807) is 13.0 Å². The summed E-state index contributed by atoms with van der Waals surface area (Å²) in [5, 5.41) is 10.6. The van der Waals surface area contributed by atoms with Crippen LogP contribution in [0.15, 0.2) is 12.1 Å². The van der Waals surface area contributed by atoms with Crippen molar-refractivity contribution in [3.05, 3.63) is 33.6 Å². The third kappa shape index (κ3) is 2.42. The van der Waals surface area contributed by atoms with E-state index in [2.05, 4.69) is 4.98 Å². The molecular weight excluding hydrogens is 208 g/mol. The number of pyridine rings is 1. The zero-order valence-electron chi connectivity index (χ0n) is 9.56. The van der Waals surface area contributed by atoms with Crippen LogP contribution in [0.2, 0.25) is 0 Å². The van der Waals surface area contributed by atoms with E-state index in [1.807, 2.05) is 6.92 Å². The Morgan fingerprint density at radius 2 is 2.19 bits per heavy atom. The number of carbonyl (C=O) groups excluding carboxylic acids is 1. The molecule has 0 bridgehead atoms. The van der Waals surface area contributed by atoms with Gasteiger partial charge in [-0.1, -0.05) is 6.92 Å². The minimum Gasteiger partial charge on any atom is -0.299 e. The van der Waals surface area contributed by atoms with Gasteiger partial charge in [0.15, 0.2) is 0 Å². The van der Waals surface area contributed by atoms with E-state index in [4.69, 9.17) is 0 Å². The summed E-state index contributed by atoms with van der Waals surface area (Å²) in [5.41, 5.74) is 0.947. The third-order valence-electron chi connectivity index (χ3n) is 2.53. The molecule has 0 aromatic carbocycles. The highest BCUT2D eigenvalue weighted by Crippen LogP contribution is 2.23. The number of hydrogen-bond acceptors (Lipinski definition) is 4. The summed E-state index contributed by atoms with van der Waals surface area (Å²) in [6.07, 6.45) is 0.652. The minimum atomic E-state index is -0.471. The van der Waals surface area contributed by atoms with Gasteiger partial charge < -0.3 is 0 Å². The molecule has 5 nitrogen and oxygen atoms in total. The summed E-state index contributed by atoms with van der Waals surface area (Å²) >= 11 is 0. The molecule has 1 aromatic rings. The number of nitro groups is 1. The number of aromatic nitrogens is 1. The number of nitrogens with zero attached hydrogens (tertiary/aromatic N) is 2. The van der Waals surface area contributed by atoms with Gasteiger partial charge in [-0.05, 0) is 26.3 Å². The molecule has 1 aromatic heterocycles. The predicted octanol–water partition coefficient (Wildman–Crippen LogP) is 2.38. The highest BCUT2D eigenvalue weighted by atomic mass is 16.6. The summed E-state index contributed by atoms with van der Waals surface area (Å²) in [4.78, 5) is 25.6. The first-order valence-electron chi connectivity index (χ1n) is 5.09.